The van der Waals surface area contributed by atoms with E-state index in [2.05, 4.69) is 16.9 Å². The number of hydrogen-bond acceptors (Lipinski definition) is 3. The number of aromatic nitrogens is 2. The number of aromatic amines is 1. The van der Waals surface area contributed by atoms with Crippen LogP contribution in [0.3, 0.4) is 0 Å². The maximum absolute atomic E-state index is 5.80. The Morgan fingerprint density at radius 3 is 3.00 bits per heavy atom. The molecule has 1 aromatic heterocycles. The van der Waals surface area contributed by atoms with Crippen molar-refractivity contribution in [1.29, 1.82) is 0 Å². The van der Waals surface area contributed by atoms with Crippen LogP contribution in [0.1, 0.15) is 50.0 Å². The van der Waals surface area contributed by atoms with Gasteiger partial charge in [-0.05, 0) is 44.6 Å². The number of hydrogen-bond donors (Lipinski definition) is 1. The zero-order valence-electron chi connectivity index (χ0n) is 9.45. The van der Waals surface area contributed by atoms with E-state index in [4.69, 9.17) is 17.0 Å². The van der Waals surface area contributed by atoms with Crippen LogP contribution in [0.4, 0.5) is 0 Å². The number of H-pyrrole nitrogens is 1. The smallest absolute Gasteiger partial charge is 0.140 e. The number of nitrogens with one attached hydrogen (secondary N) is 1. The van der Waals surface area contributed by atoms with Gasteiger partial charge in [0.1, 0.15) is 16.1 Å². The minimum Gasteiger partial charge on any atom is -0.367 e. The van der Waals surface area contributed by atoms with Gasteiger partial charge in [-0.3, -0.25) is 0 Å². The third-order valence-electron chi connectivity index (χ3n) is 3.50. The lowest BCUT2D eigenvalue weighted by atomic mass is 10.0. The molecule has 1 saturated heterocycles. The minimum atomic E-state index is -0.252. The highest BCUT2D eigenvalue weighted by Crippen LogP contribution is 2.40. The summed E-state index contributed by atoms with van der Waals surface area (Å²) in [5, 5.41) is 0. The molecule has 86 valence electrons. The van der Waals surface area contributed by atoms with Crippen molar-refractivity contribution < 1.29 is 4.74 Å². The summed E-state index contributed by atoms with van der Waals surface area (Å²) in [6, 6.07) is 1.99. The molecule has 0 radical (unpaired) electrons. The third kappa shape index (κ3) is 1.80. The molecule has 2 fully saturated rings. The second kappa shape index (κ2) is 3.64. The maximum Gasteiger partial charge on any atom is 0.140 e. The fraction of sp³-hybridized carbons (Fsp3) is 0.667. The molecular weight excluding hydrogens is 220 g/mol. The molecule has 1 aliphatic heterocycles. The molecule has 1 N–H and O–H groups in total. The second-order valence-electron chi connectivity index (χ2n) is 4.98. The highest BCUT2D eigenvalue weighted by Gasteiger charge is 2.35. The van der Waals surface area contributed by atoms with Gasteiger partial charge in [0.05, 0.1) is 0 Å². The van der Waals surface area contributed by atoms with Crippen LogP contribution < -0.4 is 0 Å². The quantitative estimate of drug-likeness (QED) is 0.802. The van der Waals surface area contributed by atoms with E-state index in [1.165, 1.54) is 18.5 Å². The molecule has 0 aromatic carbocycles. The van der Waals surface area contributed by atoms with Crippen molar-refractivity contribution in [3.05, 3.63) is 22.2 Å². The first kappa shape index (κ1) is 10.4. The van der Waals surface area contributed by atoms with Gasteiger partial charge < -0.3 is 9.72 Å². The lowest BCUT2D eigenvalue weighted by molar-refractivity contribution is 0.00906. The molecule has 2 heterocycles. The Kier molecular flexibility index (Phi) is 2.37. The zero-order valence-corrected chi connectivity index (χ0v) is 10.3. The van der Waals surface area contributed by atoms with Crippen LogP contribution >= 0.6 is 12.2 Å². The van der Waals surface area contributed by atoms with Gasteiger partial charge in [0.2, 0.25) is 0 Å². The van der Waals surface area contributed by atoms with Crippen LogP contribution in [-0.4, -0.2) is 16.6 Å². The number of rotatable bonds is 2. The first-order valence-corrected chi connectivity index (χ1v) is 6.34. The first-order chi connectivity index (χ1) is 7.67. The molecule has 1 aliphatic carbocycles. The standard InChI is InChI=1S/C12H16N2OS/c1-12(5-2-6-15-12)11-13-9(8-3-4-8)7-10(16)14-11/h7-8H,2-6H2,1H3,(H,13,14,16). The van der Waals surface area contributed by atoms with E-state index >= 15 is 0 Å². The summed E-state index contributed by atoms with van der Waals surface area (Å²) in [5.74, 6) is 1.59. The fourth-order valence-electron chi connectivity index (χ4n) is 2.31. The van der Waals surface area contributed by atoms with Crippen LogP contribution in [0.2, 0.25) is 0 Å². The zero-order chi connectivity index (χ0) is 11.2. The highest BCUT2D eigenvalue weighted by atomic mass is 32.1. The molecule has 0 spiro atoms. The topological polar surface area (TPSA) is 37.9 Å². The Hall–Kier alpha value is -0.740. The summed E-state index contributed by atoms with van der Waals surface area (Å²) < 4.78 is 6.48. The van der Waals surface area contributed by atoms with Crippen molar-refractivity contribution in [3.8, 4) is 0 Å². The maximum atomic E-state index is 5.80. The Labute approximate surface area is 100 Å². The Morgan fingerprint density at radius 1 is 1.56 bits per heavy atom. The monoisotopic (exact) mass is 236 g/mol. The number of ether oxygens (including phenoxy) is 1. The van der Waals surface area contributed by atoms with Gasteiger partial charge >= 0.3 is 0 Å². The van der Waals surface area contributed by atoms with Gasteiger partial charge in [0, 0.05) is 12.3 Å². The van der Waals surface area contributed by atoms with Crippen LogP contribution in [0, 0.1) is 4.64 Å². The number of nitrogens with zero attached hydrogens (tertiary/aromatic N) is 1. The Morgan fingerprint density at radius 2 is 2.38 bits per heavy atom. The molecule has 1 aromatic rings. The van der Waals surface area contributed by atoms with Crippen molar-refractivity contribution in [2.24, 2.45) is 0 Å². The normalized spacial score (nSPS) is 29.6. The van der Waals surface area contributed by atoms with Crippen molar-refractivity contribution >= 4 is 12.2 Å². The van der Waals surface area contributed by atoms with Crippen LogP contribution in [0.5, 0.6) is 0 Å². The van der Waals surface area contributed by atoms with E-state index in [0.717, 1.165) is 25.3 Å². The fourth-order valence-corrected chi connectivity index (χ4v) is 2.53. The van der Waals surface area contributed by atoms with Gasteiger partial charge in [-0.25, -0.2) is 4.98 Å². The molecule has 2 aliphatic rings. The largest absolute Gasteiger partial charge is 0.367 e. The molecule has 3 nitrogen and oxygen atoms in total. The van der Waals surface area contributed by atoms with Crippen LogP contribution in [-0.2, 0) is 10.3 Å². The van der Waals surface area contributed by atoms with Gasteiger partial charge in [-0.2, -0.15) is 0 Å². The van der Waals surface area contributed by atoms with E-state index < -0.39 is 0 Å². The predicted octanol–water partition coefficient (Wildman–Crippen LogP) is 3.04. The van der Waals surface area contributed by atoms with Crippen molar-refractivity contribution in [2.75, 3.05) is 6.61 Å². The Balaban J connectivity index is 2.02. The lowest BCUT2D eigenvalue weighted by Crippen LogP contribution is -2.24. The van der Waals surface area contributed by atoms with Gasteiger partial charge in [0.25, 0.3) is 0 Å². The van der Waals surface area contributed by atoms with Crippen molar-refractivity contribution in [2.45, 2.75) is 44.1 Å². The molecular formula is C12H16N2OS. The van der Waals surface area contributed by atoms with E-state index in [1.54, 1.807) is 0 Å². The molecule has 1 saturated carbocycles. The van der Waals surface area contributed by atoms with Gasteiger partial charge in [-0.15, -0.1) is 0 Å². The second-order valence-corrected chi connectivity index (χ2v) is 5.40. The summed E-state index contributed by atoms with van der Waals surface area (Å²) in [6.07, 6.45) is 4.67. The molecule has 3 rings (SSSR count). The first-order valence-electron chi connectivity index (χ1n) is 5.93. The summed E-state index contributed by atoms with van der Waals surface area (Å²) in [7, 11) is 0. The summed E-state index contributed by atoms with van der Waals surface area (Å²) in [5.41, 5.74) is 0.991. The SMILES string of the molecule is CC1(c2nc(=S)cc(C3CC3)[nH]2)CCCO1. The third-order valence-corrected chi connectivity index (χ3v) is 3.71. The summed E-state index contributed by atoms with van der Waals surface area (Å²) in [6.45, 7) is 2.93. The lowest BCUT2D eigenvalue weighted by Gasteiger charge is -2.22. The molecule has 1 unspecified atom stereocenters. The molecule has 0 amide bonds. The summed E-state index contributed by atoms with van der Waals surface area (Å²) >= 11 is 5.23. The van der Waals surface area contributed by atoms with E-state index in [9.17, 15) is 0 Å². The highest BCUT2D eigenvalue weighted by molar-refractivity contribution is 7.71. The predicted molar refractivity (Wildman–Crippen MR) is 63.9 cm³/mol. The summed E-state index contributed by atoms with van der Waals surface area (Å²) in [4.78, 5) is 7.86. The van der Waals surface area contributed by atoms with Crippen molar-refractivity contribution in [3.63, 3.8) is 0 Å². The van der Waals surface area contributed by atoms with Gasteiger partial charge in [-0.1, -0.05) is 12.2 Å². The Bertz CT molecular complexity index is 458. The van der Waals surface area contributed by atoms with Crippen LogP contribution in [0.15, 0.2) is 6.07 Å². The molecule has 16 heavy (non-hydrogen) atoms. The van der Waals surface area contributed by atoms with E-state index in [-0.39, 0.29) is 5.60 Å². The molecule has 1 atom stereocenters. The average molecular weight is 236 g/mol. The minimum absolute atomic E-state index is 0.252. The molecule has 0 bridgehead atoms. The molecule has 4 heteroatoms. The average Bonchev–Trinajstić information content (AvgIpc) is 3.01. The van der Waals surface area contributed by atoms with Gasteiger partial charge in [0.15, 0.2) is 0 Å². The van der Waals surface area contributed by atoms with Crippen LogP contribution in [0.25, 0.3) is 0 Å². The van der Waals surface area contributed by atoms with E-state index in [1.807, 2.05) is 6.07 Å². The van der Waals surface area contributed by atoms with E-state index in [0.29, 0.717) is 10.6 Å². The van der Waals surface area contributed by atoms with Crippen molar-refractivity contribution in [1.82, 2.24) is 9.97 Å².